The van der Waals surface area contributed by atoms with Gasteiger partial charge in [-0.3, -0.25) is 4.79 Å². The second-order valence-corrected chi connectivity index (χ2v) is 6.22. The minimum Gasteiger partial charge on any atom is -0.504 e. The van der Waals surface area contributed by atoms with Gasteiger partial charge in [-0.2, -0.15) is 0 Å². The van der Waals surface area contributed by atoms with Gasteiger partial charge in [0.25, 0.3) is 5.91 Å². The molecule has 0 aromatic heterocycles. The van der Waals surface area contributed by atoms with Gasteiger partial charge in [0, 0.05) is 11.7 Å². The molecule has 0 radical (unpaired) electrons. The highest BCUT2D eigenvalue weighted by atomic mass is 16.5. The van der Waals surface area contributed by atoms with Crippen LogP contribution < -0.4 is 10.1 Å². The minimum atomic E-state index is -0.308. The highest BCUT2D eigenvalue weighted by molar-refractivity contribution is 6.01. The van der Waals surface area contributed by atoms with E-state index in [-0.39, 0.29) is 23.9 Å². The number of anilines is 1. The number of benzene rings is 2. The smallest absolute Gasteiger partial charge is 0.258 e. The van der Waals surface area contributed by atoms with Gasteiger partial charge < -0.3 is 20.1 Å². The van der Waals surface area contributed by atoms with Crippen LogP contribution >= 0.6 is 0 Å². The van der Waals surface area contributed by atoms with Crippen molar-refractivity contribution in [1.82, 2.24) is 4.90 Å². The van der Waals surface area contributed by atoms with E-state index in [0.717, 1.165) is 17.7 Å². The van der Waals surface area contributed by atoms with Crippen LogP contribution in [-0.2, 0) is 0 Å². The molecular weight excluding hydrogens is 316 g/mol. The summed E-state index contributed by atoms with van der Waals surface area (Å²) in [5.41, 5.74) is 2.38. The fourth-order valence-electron chi connectivity index (χ4n) is 3.14. The number of amides is 1. The molecule has 25 heavy (non-hydrogen) atoms. The van der Waals surface area contributed by atoms with Gasteiger partial charge in [-0.1, -0.05) is 25.1 Å². The van der Waals surface area contributed by atoms with Crippen LogP contribution in [-0.4, -0.2) is 28.6 Å². The normalized spacial score (nSPS) is 17.6. The van der Waals surface area contributed by atoms with Crippen molar-refractivity contribution < 1.29 is 14.6 Å². The van der Waals surface area contributed by atoms with Crippen molar-refractivity contribution in [3.05, 3.63) is 53.6 Å². The van der Waals surface area contributed by atoms with Crippen molar-refractivity contribution in [2.24, 2.45) is 0 Å². The maximum absolute atomic E-state index is 13.1. The van der Waals surface area contributed by atoms with E-state index in [2.05, 4.69) is 12.2 Å². The summed E-state index contributed by atoms with van der Waals surface area (Å²) in [5.74, 6) is 0.542. The molecule has 5 nitrogen and oxygen atoms in total. The standard InChI is InChI=1S/C20H24N2O3/c1-4-13(3)22-19(14-10-11-17(23)18(12-14)25-5-2)21-16-9-7-6-8-15(16)20(22)24/h6-13,19,21,23H,4-5H2,1-3H3/t13-,19-/m1/s1. The molecule has 0 fully saturated rings. The van der Waals surface area contributed by atoms with Gasteiger partial charge in [0.2, 0.25) is 0 Å². The molecule has 1 aliphatic rings. The minimum absolute atomic E-state index is 0.0136. The SMILES string of the molecule is CCOc1cc([C@@H]2Nc3ccccc3C(=O)N2[C@H](C)CC)ccc1O. The molecule has 0 saturated heterocycles. The lowest BCUT2D eigenvalue weighted by atomic mass is 10.0. The largest absolute Gasteiger partial charge is 0.504 e. The molecule has 1 heterocycles. The van der Waals surface area contributed by atoms with E-state index in [1.54, 1.807) is 12.1 Å². The molecule has 0 aliphatic carbocycles. The zero-order valence-electron chi connectivity index (χ0n) is 14.8. The van der Waals surface area contributed by atoms with Crippen molar-refractivity contribution in [1.29, 1.82) is 0 Å². The van der Waals surface area contributed by atoms with Crippen LogP contribution in [0.15, 0.2) is 42.5 Å². The van der Waals surface area contributed by atoms with Gasteiger partial charge in [0.1, 0.15) is 6.17 Å². The number of para-hydroxylation sites is 1. The molecule has 5 heteroatoms. The first-order valence-electron chi connectivity index (χ1n) is 8.70. The molecule has 0 unspecified atom stereocenters. The number of hydrogen-bond donors (Lipinski definition) is 2. The van der Waals surface area contributed by atoms with Gasteiger partial charge in [0.05, 0.1) is 12.2 Å². The monoisotopic (exact) mass is 340 g/mol. The lowest BCUT2D eigenvalue weighted by Crippen LogP contribution is -2.47. The van der Waals surface area contributed by atoms with E-state index < -0.39 is 0 Å². The molecular formula is C20H24N2O3. The number of phenolic OH excluding ortho intramolecular Hbond substituents is 1. The molecule has 2 atom stereocenters. The predicted octanol–water partition coefficient (Wildman–Crippen LogP) is 4.16. The molecule has 2 aromatic carbocycles. The first kappa shape index (κ1) is 17.1. The van der Waals surface area contributed by atoms with Crippen LogP contribution in [0.4, 0.5) is 5.69 Å². The zero-order valence-corrected chi connectivity index (χ0v) is 14.8. The van der Waals surface area contributed by atoms with Gasteiger partial charge in [-0.15, -0.1) is 0 Å². The number of nitrogens with zero attached hydrogens (tertiary/aromatic N) is 1. The third-order valence-corrected chi connectivity index (χ3v) is 4.63. The Morgan fingerprint density at radius 2 is 2.00 bits per heavy atom. The average molecular weight is 340 g/mol. The number of aromatic hydroxyl groups is 1. The van der Waals surface area contributed by atoms with E-state index in [9.17, 15) is 9.90 Å². The zero-order chi connectivity index (χ0) is 18.0. The molecule has 1 aliphatic heterocycles. The Balaban J connectivity index is 2.06. The lowest BCUT2D eigenvalue weighted by Gasteiger charge is -2.41. The fraction of sp³-hybridized carbons (Fsp3) is 0.350. The number of phenols is 1. The molecule has 132 valence electrons. The number of hydrogen-bond acceptors (Lipinski definition) is 4. The van der Waals surface area contributed by atoms with E-state index in [1.807, 2.05) is 49.1 Å². The second kappa shape index (κ2) is 7.05. The summed E-state index contributed by atoms with van der Waals surface area (Å²) in [6.07, 6.45) is 0.542. The molecule has 1 amide bonds. The lowest BCUT2D eigenvalue weighted by molar-refractivity contribution is 0.0593. The van der Waals surface area contributed by atoms with Crippen molar-refractivity contribution in [2.45, 2.75) is 39.4 Å². The molecule has 2 N–H and O–H groups in total. The van der Waals surface area contributed by atoms with Crippen molar-refractivity contribution in [2.75, 3.05) is 11.9 Å². The molecule has 0 saturated carbocycles. The fourth-order valence-corrected chi connectivity index (χ4v) is 3.14. The maximum Gasteiger partial charge on any atom is 0.258 e. The Morgan fingerprint density at radius 3 is 2.72 bits per heavy atom. The Kier molecular flexibility index (Phi) is 4.83. The number of carbonyl (C=O) groups is 1. The topological polar surface area (TPSA) is 61.8 Å². The van der Waals surface area contributed by atoms with Crippen LogP contribution in [0, 0.1) is 0 Å². The van der Waals surface area contributed by atoms with Gasteiger partial charge in [-0.25, -0.2) is 0 Å². The average Bonchev–Trinajstić information content (AvgIpc) is 2.63. The third-order valence-electron chi connectivity index (χ3n) is 4.63. The highest BCUT2D eigenvalue weighted by Crippen LogP contribution is 2.37. The number of fused-ring (bicyclic) bond motifs is 1. The van der Waals surface area contributed by atoms with Crippen LogP contribution in [0.25, 0.3) is 0 Å². The Bertz CT molecular complexity index is 775. The van der Waals surface area contributed by atoms with Crippen molar-refractivity contribution in [3.63, 3.8) is 0 Å². The quantitative estimate of drug-likeness (QED) is 0.858. The van der Waals surface area contributed by atoms with E-state index >= 15 is 0 Å². The summed E-state index contributed by atoms with van der Waals surface area (Å²) in [7, 11) is 0. The summed E-state index contributed by atoms with van der Waals surface area (Å²) in [6, 6.07) is 12.9. The van der Waals surface area contributed by atoms with Crippen LogP contribution in [0.3, 0.4) is 0 Å². The van der Waals surface area contributed by atoms with E-state index in [0.29, 0.717) is 17.9 Å². The van der Waals surface area contributed by atoms with Crippen LogP contribution in [0.1, 0.15) is 49.3 Å². The summed E-state index contributed by atoms with van der Waals surface area (Å²) < 4.78 is 5.51. The Morgan fingerprint density at radius 1 is 1.24 bits per heavy atom. The van der Waals surface area contributed by atoms with Crippen molar-refractivity contribution in [3.8, 4) is 11.5 Å². The Labute approximate surface area is 148 Å². The molecule has 0 bridgehead atoms. The van der Waals surface area contributed by atoms with Crippen LogP contribution in [0.5, 0.6) is 11.5 Å². The molecule has 3 rings (SSSR count). The maximum atomic E-state index is 13.1. The second-order valence-electron chi connectivity index (χ2n) is 6.22. The number of rotatable bonds is 5. The predicted molar refractivity (Wildman–Crippen MR) is 98.0 cm³/mol. The van der Waals surface area contributed by atoms with Gasteiger partial charge >= 0.3 is 0 Å². The number of ether oxygens (including phenoxy) is 1. The first-order valence-corrected chi connectivity index (χ1v) is 8.70. The third kappa shape index (κ3) is 3.14. The first-order chi connectivity index (χ1) is 12.1. The molecule has 2 aromatic rings. The van der Waals surface area contributed by atoms with E-state index in [1.165, 1.54) is 0 Å². The van der Waals surface area contributed by atoms with Gasteiger partial charge in [-0.05, 0) is 50.1 Å². The number of nitrogens with one attached hydrogen (secondary N) is 1. The summed E-state index contributed by atoms with van der Waals surface area (Å²) in [4.78, 5) is 14.9. The number of carbonyl (C=O) groups excluding carboxylic acids is 1. The molecule has 0 spiro atoms. The Hall–Kier alpha value is -2.69. The summed E-state index contributed by atoms with van der Waals surface area (Å²) >= 11 is 0. The van der Waals surface area contributed by atoms with Crippen LogP contribution in [0.2, 0.25) is 0 Å². The highest BCUT2D eigenvalue weighted by Gasteiger charge is 2.35. The summed E-state index contributed by atoms with van der Waals surface area (Å²) in [6.45, 7) is 6.45. The van der Waals surface area contributed by atoms with E-state index in [4.69, 9.17) is 4.74 Å². The van der Waals surface area contributed by atoms with Crippen molar-refractivity contribution >= 4 is 11.6 Å². The summed E-state index contributed by atoms with van der Waals surface area (Å²) in [5, 5.41) is 13.4. The van der Waals surface area contributed by atoms with Gasteiger partial charge in [0.15, 0.2) is 11.5 Å².